The molecule has 0 aliphatic carbocycles. The molecule has 16 heavy (non-hydrogen) atoms. The summed E-state index contributed by atoms with van der Waals surface area (Å²) in [7, 11) is 0. The van der Waals surface area contributed by atoms with E-state index in [1.54, 1.807) is 0 Å². The van der Waals surface area contributed by atoms with Crippen LogP contribution in [-0.2, 0) is 6.42 Å². The fourth-order valence-corrected chi connectivity index (χ4v) is 3.34. The summed E-state index contributed by atoms with van der Waals surface area (Å²) in [6, 6.07) is 0. The second-order valence-corrected chi connectivity index (χ2v) is 5.63. The van der Waals surface area contributed by atoms with Crippen molar-refractivity contribution in [2.24, 2.45) is 0 Å². The highest BCUT2D eigenvalue weighted by molar-refractivity contribution is 8.00. The maximum atomic E-state index is 6.03. The fourth-order valence-electron chi connectivity index (χ4n) is 1.87. The van der Waals surface area contributed by atoms with Crippen molar-refractivity contribution in [1.82, 2.24) is 9.97 Å². The molecule has 88 valence electrons. The Morgan fingerprint density at radius 2 is 2.44 bits per heavy atom. The van der Waals surface area contributed by atoms with Crippen molar-refractivity contribution < 1.29 is 0 Å². The zero-order valence-electron chi connectivity index (χ0n) is 9.37. The van der Waals surface area contributed by atoms with Crippen LogP contribution in [0.1, 0.15) is 25.3 Å². The van der Waals surface area contributed by atoms with Crippen LogP contribution >= 0.6 is 23.4 Å². The molecule has 1 aromatic heterocycles. The third-order valence-electron chi connectivity index (χ3n) is 2.77. The minimum Gasteiger partial charge on any atom is -0.369 e. The third-order valence-corrected chi connectivity index (χ3v) is 4.49. The highest BCUT2D eigenvalue weighted by atomic mass is 35.5. The standard InChI is InChI=1S/C11H16ClN3S/c1-2-9-10(12)14-7-15-11(9)13-6-8-4-3-5-16-8/h7-8H,2-6H2,1H3,(H,13,14,15). The van der Waals surface area contributed by atoms with E-state index < -0.39 is 0 Å². The van der Waals surface area contributed by atoms with Crippen LogP contribution in [-0.4, -0.2) is 27.5 Å². The first-order chi connectivity index (χ1) is 7.81. The molecule has 3 nitrogen and oxygen atoms in total. The molecule has 0 saturated carbocycles. The molecule has 2 heterocycles. The van der Waals surface area contributed by atoms with E-state index in [1.807, 2.05) is 11.8 Å². The summed E-state index contributed by atoms with van der Waals surface area (Å²) in [4.78, 5) is 8.25. The summed E-state index contributed by atoms with van der Waals surface area (Å²) in [6.45, 7) is 3.05. The second kappa shape index (κ2) is 5.73. The average Bonchev–Trinajstić information content (AvgIpc) is 2.79. The normalized spacial score (nSPS) is 20.0. The van der Waals surface area contributed by atoms with Gasteiger partial charge in [0, 0.05) is 17.4 Å². The molecule has 0 radical (unpaired) electrons. The highest BCUT2D eigenvalue weighted by Gasteiger charge is 2.16. The van der Waals surface area contributed by atoms with Crippen LogP contribution in [0, 0.1) is 0 Å². The van der Waals surface area contributed by atoms with E-state index in [2.05, 4.69) is 22.2 Å². The van der Waals surface area contributed by atoms with Gasteiger partial charge in [0.05, 0.1) is 0 Å². The van der Waals surface area contributed by atoms with E-state index in [9.17, 15) is 0 Å². The first-order valence-corrected chi connectivity index (χ1v) is 7.08. The van der Waals surface area contributed by atoms with Gasteiger partial charge < -0.3 is 5.32 Å². The van der Waals surface area contributed by atoms with Gasteiger partial charge in [-0.25, -0.2) is 9.97 Å². The average molecular weight is 258 g/mol. The first-order valence-electron chi connectivity index (χ1n) is 5.66. The van der Waals surface area contributed by atoms with Crippen molar-refractivity contribution in [3.63, 3.8) is 0 Å². The third kappa shape index (κ3) is 2.80. The number of aromatic nitrogens is 2. The summed E-state index contributed by atoms with van der Waals surface area (Å²) in [5.41, 5.74) is 1.02. The van der Waals surface area contributed by atoms with Crippen molar-refractivity contribution >= 4 is 29.2 Å². The number of hydrogen-bond acceptors (Lipinski definition) is 4. The number of anilines is 1. The van der Waals surface area contributed by atoms with Gasteiger partial charge in [-0.2, -0.15) is 11.8 Å². The molecule has 1 fully saturated rings. The zero-order chi connectivity index (χ0) is 11.4. The Bertz CT molecular complexity index is 353. The van der Waals surface area contributed by atoms with Crippen molar-refractivity contribution in [2.75, 3.05) is 17.6 Å². The SMILES string of the molecule is CCc1c(Cl)ncnc1NCC1CCCS1. The number of hydrogen-bond donors (Lipinski definition) is 1. The van der Waals surface area contributed by atoms with Crippen LogP contribution in [0.15, 0.2) is 6.33 Å². The Kier molecular flexibility index (Phi) is 4.29. The molecular weight excluding hydrogens is 242 g/mol. The Labute approximate surface area is 105 Å². The fraction of sp³-hybridized carbons (Fsp3) is 0.636. The summed E-state index contributed by atoms with van der Waals surface area (Å²) >= 11 is 8.07. The molecule has 1 aliphatic rings. The molecule has 1 atom stereocenters. The lowest BCUT2D eigenvalue weighted by Gasteiger charge is -2.13. The van der Waals surface area contributed by atoms with E-state index in [0.717, 1.165) is 29.6 Å². The quantitative estimate of drug-likeness (QED) is 0.842. The first kappa shape index (κ1) is 12.0. The molecule has 1 saturated heterocycles. The van der Waals surface area contributed by atoms with Gasteiger partial charge in [0.2, 0.25) is 0 Å². The monoisotopic (exact) mass is 257 g/mol. The van der Waals surface area contributed by atoms with Crippen molar-refractivity contribution in [2.45, 2.75) is 31.4 Å². The van der Waals surface area contributed by atoms with Crippen molar-refractivity contribution in [1.29, 1.82) is 0 Å². The minimum absolute atomic E-state index is 0.569. The van der Waals surface area contributed by atoms with Crippen LogP contribution < -0.4 is 5.32 Å². The Morgan fingerprint density at radius 3 is 3.12 bits per heavy atom. The molecule has 0 bridgehead atoms. The summed E-state index contributed by atoms with van der Waals surface area (Å²) in [5, 5.41) is 4.68. The largest absolute Gasteiger partial charge is 0.369 e. The number of nitrogens with zero attached hydrogens (tertiary/aromatic N) is 2. The van der Waals surface area contributed by atoms with Crippen LogP contribution in [0.25, 0.3) is 0 Å². The highest BCUT2D eigenvalue weighted by Crippen LogP contribution is 2.27. The van der Waals surface area contributed by atoms with Crippen LogP contribution in [0.3, 0.4) is 0 Å². The summed E-state index contributed by atoms with van der Waals surface area (Å²) in [5.74, 6) is 2.19. The predicted molar refractivity (Wildman–Crippen MR) is 70.4 cm³/mol. The van der Waals surface area contributed by atoms with Gasteiger partial charge in [0.15, 0.2) is 0 Å². The molecule has 0 aromatic carbocycles. The minimum atomic E-state index is 0.569. The van der Waals surface area contributed by atoms with Gasteiger partial charge in [0.25, 0.3) is 0 Å². The molecule has 0 amide bonds. The van der Waals surface area contributed by atoms with Crippen molar-refractivity contribution in [3.05, 3.63) is 17.0 Å². The van der Waals surface area contributed by atoms with Crippen LogP contribution in [0.2, 0.25) is 5.15 Å². The summed E-state index contributed by atoms with van der Waals surface area (Å²) < 4.78 is 0. The molecule has 1 N–H and O–H groups in total. The van der Waals surface area contributed by atoms with E-state index in [-0.39, 0.29) is 0 Å². The zero-order valence-corrected chi connectivity index (χ0v) is 10.9. The molecule has 2 rings (SSSR count). The molecule has 0 spiro atoms. The van der Waals surface area contributed by atoms with Gasteiger partial charge in [0.1, 0.15) is 17.3 Å². The maximum absolute atomic E-state index is 6.03. The number of thioether (sulfide) groups is 1. The Balaban J connectivity index is 2.00. The van der Waals surface area contributed by atoms with Crippen LogP contribution in [0.4, 0.5) is 5.82 Å². The lowest BCUT2D eigenvalue weighted by molar-refractivity contribution is 0.801. The van der Waals surface area contributed by atoms with E-state index in [0.29, 0.717) is 5.15 Å². The van der Waals surface area contributed by atoms with E-state index >= 15 is 0 Å². The lowest BCUT2D eigenvalue weighted by atomic mass is 10.2. The van der Waals surface area contributed by atoms with Gasteiger partial charge in [-0.3, -0.25) is 0 Å². The number of rotatable bonds is 4. The number of nitrogens with one attached hydrogen (secondary N) is 1. The molecule has 1 aliphatic heterocycles. The van der Waals surface area contributed by atoms with E-state index in [1.165, 1.54) is 24.9 Å². The second-order valence-electron chi connectivity index (χ2n) is 3.86. The molecule has 5 heteroatoms. The van der Waals surface area contributed by atoms with Crippen molar-refractivity contribution in [3.8, 4) is 0 Å². The molecular formula is C11H16ClN3S. The topological polar surface area (TPSA) is 37.8 Å². The van der Waals surface area contributed by atoms with Gasteiger partial charge >= 0.3 is 0 Å². The van der Waals surface area contributed by atoms with Gasteiger partial charge in [-0.1, -0.05) is 18.5 Å². The maximum Gasteiger partial charge on any atom is 0.137 e. The van der Waals surface area contributed by atoms with Gasteiger partial charge in [-0.05, 0) is 25.0 Å². The summed E-state index contributed by atoms with van der Waals surface area (Å²) in [6.07, 6.45) is 5.02. The Morgan fingerprint density at radius 1 is 1.56 bits per heavy atom. The lowest BCUT2D eigenvalue weighted by Crippen LogP contribution is -2.15. The number of halogens is 1. The van der Waals surface area contributed by atoms with Gasteiger partial charge in [-0.15, -0.1) is 0 Å². The van der Waals surface area contributed by atoms with Crippen LogP contribution in [0.5, 0.6) is 0 Å². The van der Waals surface area contributed by atoms with E-state index in [4.69, 9.17) is 11.6 Å². The Hall–Kier alpha value is -0.480. The predicted octanol–water partition coefficient (Wildman–Crippen LogP) is 3.00. The molecule has 1 aromatic rings. The smallest absolute Gasteiger partial charge is 0.137 e. The molecule has 1 unspecified atom stereocenters.